The molecule has 2 rings (SSSR count). The van der Waals surface area contributed by atoms with Gasteiger partial charge < -0.3 is 10.1 Å². The first-order chi connectivity index (χ1) is 10.3. The molecule has 2 aromatic rings. The van der Waals surface area contributed by atoms with Gasteiger partial charge >= 0.3 is 0 Å². The van der Waals surface area contributed by atoms with Gasteiger partial charge in [-0.05, 0) is 50.1 Å². The number of likely N-dealkylation sites (N-methyl/N-ethyl adjacent to an activating group) is 1. The zero-order valence-corrected chi connectivity index (χ0v) is 13.2. The zero-order valence-electron chi connectivity index (χ0n) is 13.2. The van der Waals surface area contributed by atoms with Crippen LogP contribution in [0.2, 0.25) is 0 Å². The lowest BCUT2D eigenvalue weighted by Crippen LogP contribution is -2.22. The minimum absolute atomic E-state index is 0.306. The zero-order chi connectivity index (χ0) is 15.1. The van der Waals surface area contributed by atoms with Crippen LogP contribution in [0.15, 0.2) is 36.7 Å². The first kappa shape index (κ1) is 15.6. The van der Waals surface area contributed by atoms with E-state index < -0.39 is 0 Å². The number of ether oxygens (including phenoxy) is 1. The quantitative estimate of drug-likeness (QED) is 0.810. The van der Waals surface area contributed by atoms with Gasteiger partial charge in [-0.1, -0.05) is 19.1 Å². The number of hydrogen-bond acceptors (Lipinski definition) is 3. The third-order valence-corrected chi connectivity index (χ3v) is 3.49. The summed E-state index contributed by atoms with van der Waals surface area (Å²) in [6.07, 6.45) is 5.03. The largest absolute Gasteiger partial charge is 0.494 e. The van der Waals surface area contributed by atoms with Crippen LogP contribution in [0.25, 0.3) is 0 Å². The predicted molar refractivity (Wildman–Crippen MR) is 85.6 cm³/mol. The summed E-state index contributed by atoms with van der Waals surface area (Å²) in [5.41, 5.74) is 2.54. The summed E-state index contributed by atoms with van der Waals surface area (Å²) in [5, 5.41) is 7.90. The molecule has 0 saturated heterocycles. The Labute approximate surface area is 127 Å². The minimum Gasteiger partial charge on any atom is -0.494 e. The lowest BCUT2D eigenvalue weighted by atomic mass is 10.0. The van der Waals surface area contributed by atoms with Crippen LogP contribution in [-0.4, -0.2) is 22.9 Å². The van der Waals surface area contributed by atoms with Crippen LogP contribution >= 0.6 is 0 Å². The molecule has 0 spiro atoms. The standard InChI is InChI=1S/C17H25N3O/c1-4-18-17(11-14-12-19-20(5-2)13-14)15-7-9-16(10-8-15)21-6-3/h7-10,12-13,17-18H,4-6,11H2,1-3H3. The summed E-state index contributed by atoms with van der Waals surface area (Å²) in [5.74, 6) is 0.926. The second kappa shape index (κ2) is 7.84. The minimum atomic E-state index is 0.306. The average Bonchev–Trinajstić information content (AvgIpc) is 2.96. The van der Waals surface area contributed by atoms with Crippen molar-refractivity contribution in [3.05, 3.63) is 47.8 Å². The van der Waals surface area contributed by atoms with Gasteiger partial charge in [-0.2, -0.15) is 5.10 Å². The first-order valence-corrected chi connectivity index (χ1v) is 7.74. The molecule has 0 fully saturated rings. The Morgan fingerprint density at radius 3 is 2.52 bits per heavy atom. The van der Waals surface area contributed by atoms with Crippen molar-refractivity contribution < 1.29 is 4.74 Å². The van der Waals surface area contributed by atoms with Crippen LogP contribution < -0.4 is 10.1 Å². The van der Waals surface area contributed by atoms with Crippen molar-refractivity contribution in [2.45, 2.75) is 39.8 Å². The van der Waals surface area contributed by atoms with Crippen LogP contribution in [0.4, 0.5) is 0 Å². The molecule has 0 radical (unpaired) electrons. The molecule has 4 nitrogen and oxygen atoms in total. The summed E-state index contributed by atoms with van der Waals surface area (Å²) in [7, 11) is 0. The molecule has 0 aliphatic rings. The molecule has 1 atom stereocenters. The third kappa shape index (κ3) is 4.33. The number of nitrogens with one attached hydrogen (secondary N) is 1. The molecule has 1 unspecified atom stereocenters. The summed E-state index contributed by atoms with van der Waals surface area (Å²) in [6, 6.07) is 8.67. The molecule has 0 bridgehead atoms. The van der Waals surface area contributed by atoms with E-state index in [2.05, 4.69) is 42.6 Å². The van der Waals surface area contributed by atoms with E-state index >= 15 is 0 Å². The molecule has 1 aromatic heterocycles. The lowest BCUT2D eigenvalue weighted by Gasteiger charge is -2.18. The van der Waals surface area contributed by atoms with E-state index in [1.165, 1.54) is 11.1 Å². The van der Waals surface area contributed by atoms with Crippen molar-refractivity contribution in [1.82, 2.24) is 15.1 Å². The maximum absolute atomic E-state index is 5.50. The Kier molecular flexibility index (Phi) is 5.81. The van der Waals surface area contributed by atoms with E-state index in [4.69, 9.17) is 4.74 Å². The Hall–Kier alpha value is -1.81. The van der Waals surface area contributed by atoms with E-state index in [1.54, 1.807) is 0 Å². The highest BCUT2D eigenvalue weighted by Crippen LogP contribution is 2.21. The van der Waals surface area contributed by atoms with Gasteiger partial charge in [0.15, 0.2) is 0 Å². The van der Waals surface area contributed by atoms with Crippen LogP contribution in [0.1, 0.15) is 37.9 Å². The van der Waals surface area contributed by atoms with Gasteiger partial charge in [0.25, 0.3) is 0 Å². The number of aryl methyl sites for hydroxylation is 1. The summed E-state index contributed by atoms with van der Waals surface area (Å²) in [6.45, 7) is 8.80. The third-order valence-electron chi connectivity index (χ3n) is 3.49. The number of rotatable bonds is 8. The van der Waals surface area contributed by atoms with Crippen molar-refractivity contribution in [2.24, 2.45) is 0 Å². The van der Waals surface area contributed by atoms with Gasteiger partial charge in [0, 0.05) is 18.8 Å². The van der Waals surface area contributed by atoms with E-state index in [-0.39, 0.29) is 0 Å². The van der Waals surface area contributed by atoms with Crippen LogP contribution in [0, 0.1) is 0 Å². The SMILES string of the molecule is CCNC(Cc1cnn(CC)c1)c1ccc(OCC)cc1. The van der Waals surface area contributed by atoms with Crippen LogP contribution in [0.3, 0.4) is 0 Å². The second-order valence-corrected chi connectivity index (χ2v) is 5.02. The molecular weight excluding hydrogens is 262 g/mol. The highest BCUT2D eigenvalue weighted by atomic mass is 16.5. The highest BCUT2D eigenvalue weighted by Gasteiger charge is 2.12. The Balaban J connectivity index is 2.10. The number of hydrogen-bond donors (Lipinski definition) is 1. The molecule has 0 aliphatic heterocycles. The maximum Gasteiger partial charge on any atom is 0.119 e. The Morgan fingerprint density at radius 2 is 1.95 bits per heavy atom. The lowest BCUT2D eigenvalue weighted by molar-refractivity contribution is 0.340. The molecular formula is C17H25N3O. The van der Waals surface area contributed by atoms with Crippen molar-refractivity contribution in [2.75, 3.05) is 13.2 Å². The number of benzene rings is 1. The molecule has 114 valence electrons. The fourth-order valence-corrected chi connectivity index (χ4v) is 2.44. The van der Waals surface area contributed by atoms with Gasteiger partial charge in [0.05, 0.1) is 12.8 Å². The van der Waals surface area contributed by atoms with Gasteiger partial charge in [0.1, 0.15) is 5.75 Å². The molecule has 0 saturated carbocycles. The number of nitrogens with zero attached hydrogens (tertiary/aromatic N) is 2. The second-order valence-electron chi connectivity index (χ2n) is 5.02. The molecule has 4 heteroatoms. The Morgan fingerprint density at radius 1 is 1.19 bits per heavy atom. The first-order valence-electron chi connectivity index (χ1n) is 7.74. The van der Waals surface area contributed by atoms with Crippen molar-refractivity contribution >= 4 is 0 Å². The molecule has 1 aromatic carbocycles. The van der Waals surface area contributed by atoms with E-state index in [1.807, 2.05) is 29.9 Å². The monoisotopic (exact) mass is 287 g/mol. The Bertz CT molecular complexity index is 533. The van der Waals surface area contributed by atoms with E-state index in [0.717, 1.165) is 25.3 Å². The highest BCUT2D eigenvalue weighted by molar-refractivity contribution is 5.30. The van der Waals surface area contributed by atoms with Gasteiger partial charge in [-0.25, -0.2) is 0 Å². The van der Waals surface area contributed by atoms with E-state index in [9.17, 15) is 0 Å². The maximum atomic E-state index is 5.50. The molecule has 0 aliphatic carbocycles. The summed E-state index contributed by atoms with van der Waals surface area (Å²) < 4.78 is 7.47. The summed E-state index contributed by atoms with van der Waals surface area (Å²) >= 11 is 0. The molecule has 21 heavy (non-hydrogen) atoms. The fourth-order valence-electron chi connectivity index (χ4n) is 2.44. The topological polar surface area (TPSA) is 39.1 Å². The average molecular weight is 287 g/mol. The van der Waals surface area contributed by atoms with Crippen molar-refractivity contribution in [3.63, 3.8) is 0 Å². The molecule has 0 amide bonds. The van der Waals surface area contributed by atoms with Gasteiger partial charge in [-0.3, -0.25) is 4.68 Å². The van der Waals surface area contributed by atoms with Crippen LogP contribution in [-0.2, 0) is 13.0 Å². The normalized spacial score (nSPS) is 12.3. The van der Waals surface area contributed by atoms with Gasteiger partial charge in [-0.15, -0.1) is 0 Å². The van der Waals surface area contributed by atoms with Crippen LogP contribution in [0.5, 0.6) is 5.75 Å². The van der Waals surface area contributed by atoms with Crippen molar-refractivity contribution in [1.29, 1.82) is 0 Å². The number of aromatic nitrogens is 2. The fraction of sp³-hybridized carbons (Fsp3) is 0.471. The smallest absolute Gasteiger partial charge is 0.119 e. The molecule has 1 N–H and O–H groups in total. The summed E-state index contributed by atoms with van der Waals surface area (Å²) in [4.78, 5) is 0. The molecule has 1 heterocycles. The predicted octanol–water partition coefficient (Wildman–Crippen LogP) is 3.20. The van der Waals surface area contributed by atoms with Crippen molar-refractivity contribution in [3.8, 4) is 5.75 Å². The van der Waals surface area contributed by atoms with E-state index in [0.29, 0.717) is 12.6 Å². The van der Waals surface area contributed by atoms with Gasteiger partial charge in [0.2, 0.25) is 0 Å².